The molecule has 0 aliphatic rings. The third kappa shape index (κ3) is 2.39. The van der Waals surface area contributed by atoms with Crippen LogP contribution >= 0.6 is 0 Å². The van der Waals surface area contributed by atoms with Crippen LogP contribution < -0.4 is 15.6 Å². The van der Waals surface area contributed by atoms with Crippen LogP contribution in [0.1, 0.15) is 10.4 Å². The number of benzene rings is 1. The van der Waals surface area contributed by atoms with Crippen LogP contribution in [0, 0.1) is 0 Å². The number of aromatic nitrogens is 2. The molecule has 122 valence electrons. The van der Waals surface area contributed by atoms with Crippen molar-refractivity contribution >= 4 is 22.6 Å². The van der Waals surface area contributed by atoms with Crippen LogP contribution in [0.4, 0.5) is 5.69 Å². The van der Waals surface area contributed by atoms with Crippen molar-refractivity contribution in [3.05, 3.63) is 58.5 Å². The van der Waals surface area contributed by atoms with Crippen LogP contribution in [0.5, 0.6) is 11.5 Å². The highest BCUT2D eigenvalue weighted by Crippen LogP contribution is 2.27. The summed E-state index contributed by atoms with van der Waals surface area (Å²) in [5.74, 6) is -1.05. The quantitative estimate of drug-likeness (QED) is 0.630. The van der Waals surface area contributed by atoms with E-state index in [1.807, 2.05) is 0 Å². The molecule has 0 aliphatic carbocycles. The van der Waals surface area contributed by atoms with Gasteiger partial charge < -0.3 is 20.4 Å². The molecular weight excluding hydrogens is 314 g/mol. The molecule has 0 bridgehead atoms. The lowest BCUT2D eigenvalue weighted by Crippen LogP contribution is -2.29. The van der Waals surface area contributed by atoms with E-state index in [0.717, 1.165) is 0 Å². The van der Waals surface area contributed by atoms with Gasteiger partial charge in [-0.2, -0.15) is 0 Å². The summed E-state index contributed by atoms with van der Waals surface area (Å²) in [7, 11) is 1.44. The minimum atomic E-state index is -1.08. The van der Waals surface area contributed by atoms with Gasteiger partial charge in [-0.25, -0.2) is 4.98 Å². The van der Waals surface area contributed by atoms with Gasteiger partial charge in [0.25, 0.3) is 5.91 Å². The summed E-state index contributed by atoms with van der Waals surface area (Å²) >= 11 is 0. The molecule has 0 atom stereocenters. The van der Waals surface area contributed by atoms with E-state index in [9.17, 15) is 19.9 Å². The van der Waals surface area contributed by atoms with Crippen molar-refractivity contribution in [3.63, 3.8) is 0 Å². The predicted molar refractivity (Wildman–Crippen MR) is 85.8 cm³/mol. The topological polar surface area (TPSA) is 114 Å². The van der Waals surface area contributed by atoms with E-state index < -0.39 is 22.8 Å². The number of amides is 1. The second kappa shape index (κ2) is 5.92. The molecule has 3 N–H and O–H groups in total. The van der Waals surface area contributed by atoms with Gasteiger partial charge in [-0.15, -0.1) is 4.73 Å². The number of fused-ring (bicyclic) bond motifs is 1. The number of methoxy groups -OCH3 is 1. The summed E-state index contributed by atoms with van der Waals surface area (Å²) in [6.45, 7) is 0. The number of carbonyl (C=O) groups excluding carboxylic acids is 1. The number of nitrogens with zero attached hydrogens (tertiary/aromatic N) is 2. The maximum absolute atomic E-state index is 12.4. The standard InChI is InChI=1S/C16H13N3O5/c1-24-11-7-3-2-6-10(11)18-15(21)12-13(20)9-5-4-8-17-14(9)19(23)16(12)22/h2-8,20,23H,1H3,(H,18,21). The minimum absolute atomic E-state index is 0.0739. The molecule has 3 aromatic rings. The Morgan fingerprint density at radius 1 is 1.25 bits per heavy atom. The van der Waals surface area contributed by atoms with Crippen molar-refractivity contribution in [2.45, 2.75) is 0 Å². The minimum Gasteiger partial charge on any atom is -0.506 e. The average molecular weight is 327 g/mol. The van der Waals surface area contributed by atoms with Crippen molar-refractivity contribution in [2.75, 3.05) is 12.4 Å². The first kappa shape index (κ1) is 15.3. The summed E-state index contributed by atoms with van der Waals surface area (Å²) in [5.41, 5.74) is -1.50. The molecule has 0 saturated carbocycles. The molecule has 1 amide bonds. The van der Waals surface area contributed by atoms with Gasteiger partial charge in [0.05, 0.1) is 18.2 Å². The molecule has 3 rings (SSSR count). The monoisotopic (exact) mass is 327 g/mol. The molecule has 0 unspecified atom stereocenters. The zero-order valence-electron chi connectivity index (χ0n) is 12.6. The second-order valence-corrected chi connectivity index (χ2v) is 4.87. The van der Waals surface area contributed by atoms with Crippen LogP contribution in [-0.4, -0.2) is 33.0 Å². The Morgan fingerprint density at radius 2 is 2.00 bits per heavy atom. The summed E-state index contributed by atoms with van der Waals surface area (Å²) < 4.78 is 5.34. The van der Waals surface area contributed by atoms with Gasteiger partial charge in [-0.05, 0) is 24.3 Å². The van der Waals surface area contributed by atoms with Gasteiger partial charge in [0.1, 0.15) is 11.5 Å². The fourth-order valence-electron chi connectivity index (χ4n) is 2.33. The molecule has 24 heavy (non-hydrogen) atoms. The van der Waals surface area contributed by atoms with E-state index in [0.29, 0.717) is 11.4 Å². The number of hydrogen-bond acceptors (Lipinski definition) is 6. The third-order valence-corrected chi connectivity index (χ3v) is 3.47. The molecular formula is C16H13N3O5. The Labute approximate surface area is 135 Å². The van der Waals surface area contributed by atoms with E-state index in [1.54, 1.807) is 24.3 Å². The van der Waals surface area contributed by atoms with Gasteiger partial charge in [0.15, 0.2) is 11.2 Å². The zero-order chi connectivity index (χ0) is 17.3. The van der Waals surface area contributed by atoms with Crippen molar-refractivity contribution in [3.8, 4) is 11.5 Å². The largest absolute Gasteiger partial charge is 0.506 e. The summed E-state index contributed by atoms with van der Waals surface area (Å²) in [6, 6.07) is 9.54. The van der Waals surface area contributed by atoms with Gasteiger partial charge in [-0.3, -0.25) is 9.59 Å². The number of anilines is 1. The fourth-order valence-corrected chi connectivity index (χ4v) is 2.33. The Hall–Kier alpha value is -3.55. The highest BCUT2D eigenvalue weighted by molar-refractivity contribution is 6.09. The Balaban J connectivity index is 2.12. The fraction of sp³-hybridized carbons (Fsp3) is 0.0625. The van der Waals surface area contributed by atoms with Crippen molar-refractivity contribution in [2.24, 2.45) is 0 Å². The number of ether oxygens (including phenoxy) is 1. The zero-order valence-corrected chi connectivity index (χ0v) is 12.6. The number of carbonyl (C=O) groups is 1. The number of nitrogens with one attached hydrogen (secondary N) is 1. The molecule has 0 aliphatic heterocycles. The van der Waals surface area contributed by atoms with E-state index in [-0.39, 0.29) is 15.8 Å². The summed E-state index contributed by atoms with van der Waals surface area (Å²) in [6.07, 6.45) is 1.35. The van der Waals surface area contributed by atoms with Crippen LogP contribution in [0.25, 0.3) is 11.0 Å². The lowest BCUT2D eigenvalue weighted by Gasteiger charge is -2.12. The van der Waals surface area contributed by atoms with E-state index in [1.165, 1.54) is 25.4 Å². The molecule has 0 radical (unpaired) electrons. The molecule has 0 spiro atoms. The van der Waals surface area contributed by atoms with E-state index in [2.05, 4.69) is 10.3 Å². The maximum atomic E-state index is 12.4. The molecule has 2 heterocycles. The highest BCUT2D eigenvalue weighted by atomic mass is 16.5. The van der Waals surface area contributed by atoms with Gasteiger partial charge in [-0.1, -0.05) is 12.1 Å². The second-order valence-electron chi connectivity index (χ2n) is 4.87. The van der Waals surface area contributed by atoms with Crippen LogP contribution in [0.2, 0.25) is 0 Å². The molecule has 0 saturated heterocycles. The first-order valence-electron chi connectivity index (χ1n) is 6.91. The summed E-state index contributed by atoms with van der Waals surface area (Å²) in [4.78, 5) is 28.5. The Morgan fingerprint density at radius 3 is 2.75 bits per heavy atom. The first-order valence-corrected chi connectivity index (χ1v) is 6.91. The lowest BCUT2D eigenvalue weighted by atomic mass is 10.1. The average Bonchev–Trinajstić information content (AvgIpc) is 2.60. The number of pyridine rings is 2. The number of rotatable bonds is 3. The number of hydrogen-bond donors (Lipinski definition) is 3. The van der Waals surface area contributed by atoms with Crippen LogP contribution in [-0.2, 0) is 0 Å². The van der Waals surface area contributed by atoms with Crippen molar-refractivity contribution in [1.29, 1.82) is 0 Å². The van der Waals surface area contributed by atoms with Gasteiger partial charge in [0.2, 0.25) is 0 Å². The van der Waals surface area contributed by atoms with Crippen LogP contribution in [0.15, 0.2) is 47.4 Å². The van der Waals surface area contributed by atoms with Gasteiger partial charge >= 0.3 is 5.56 Å². The molecule has 2 aromatic heterocycles. The molecule has 8 heteroatoms. The number of para-hydroxylation sites is 2. The first-order chi connectivity index (χ1) is 11.5. The SMILES string of the molecule is COc1ccccc1NC(=O)c1c(O)c2cccnc2n(O)c1=O. The maximum Gasteiger partial charge on any atom is 0.301 e. The molecule has 8 nitrogen and oxygen atoms in total. The van der Waals surface area contributed by atoms with Crippen molar-refractivity contribution < 1.29 is 19.8 Å². The van der Waals surface area contributed by atoms with E-state index >= 15 is 0 Å². The normalized spacial score (nSPS) is 10.5. The Bertz CT molecular complexity index is 997. The van der Waals surface area contributed by atoms with Crippen molar-refractivity contribution in [1.82, 2.24) is 9.71 Å². The number of aromatic hydroxyl groups is 1. The highest BCUT2D eigenvalue weighted by Gasteiger charge is 2.23. The summed E-state index contributed by atoms with van der Waals surface area (Å²) in [5, 5.41) is 22.7. The smallest absolute Gasteiger partial charge is 0.301 e. The van der Waals surface area contributed by atoms with Crippen LogP contribution in [0.3, 0.4) is 0 Å². The van der Waals surface area contributed by atoms with Gasteiger partial charge in [0, 0.05) is 6.20 Å². The third-order valence-electron chi connectivity index (χ3n) is 3.47. The predicted octanol–water partition coefficient (Wildman–Crippen LogP) is 1.60. The van der Waals surface area contributed by atoms with E-state index in [4.69, 9.17) is 4.74 Å². The Kier molecular flexibility index (Phi) is 3.78. The molecule has 1 aromatic carbocycles. The lowest BCUT2D eigenvalue weighted by molar-refractivity contribution is 0.101. The molecule has 0 fully saturated rings.